The van der Waals surface area contributed by atoms with E-state index in [-0.39, 0.29) is 6.61 Å². The monoisotopic (exact) mass is 220 g/mol. The molecule has 0 saturated carbocycles. The first-order valence-corrected chi connectivity index (χ1v) is 7.86. The first kappa shape index (κ1) is 14.1. The minimum absolute atomic E-state index is 0.174. The molecule has 0 radical (unpaired) electrons. The van der Waals surface area contributed by atoms with Crippen molar-refractivity contribution in [2.24, 2.45) is 0 Å². The highest BCUT2D eigenvalue weighted by Gasteiger charge is 2.34. The van der Waals surface area contributed by atoms with E-state index in [1.807, 2.05) is 0 Å². The molecule has 0 unspecified atom stereocenters. The molecule has 0 bridgehead atoms. The van der Waals surface area contributed by atoms with Gasteiger partial charge in [0.1, 0.15) is 0 Å². The van der Waals surface area contributed by atoms with Gasteiger partial charge in [-0.2, -0.15) is 0 Å². The van der Waals surface area contributed by atoms with Gasteiger partial charge in [-0.25, -0.2) is 0 Å². The molecule has 1 N–H and O–H groups in total. The maximum atomic E-state index is 9.01. The molecule has 0 aromatic heterocycles. The normalized spacial score (nSPS) is 12.0. The molecule has 0 fully saturated rings. The zero-order valence-electron chi connectivity index (χ0n) is 9.71. The molecule has 0 aliphatic rings. The van der Waals surface area contributed by atoms with Crippen LogP contribution in [0.2, 0.25) is 12.1 Å². The third-order valence-corrected chi connectivity index (χ3v) is 5.69. The molecule has 0 aliphatic carbocycles. The molecule has 0 aromatic rings. The summed E-state index contributed by atoms with van der Waals surface area (Å²) in [4.78, 5) is 0. The van der Waals surface area contributed by atoms with Crippen LogP contribution in [0.5, 0.6) is 0 Å². The number of aliphatic hydroxyl groups excluding tert-OH is 1. The maximum absolute atomic E-state index is 9.01. The molecule has 4 heteroatoms. The van der Waals surface area contributed by atoms with Crippen molar-refractivity contribution in [2.45, 2.75) is 45.7 Å². The van der Waals surface area contributed by atoms with Gasteiger partial charge in [-0.1, -0.05) is 20.8 Å². The second-order valence-corrected chi connectivity index (χ2v) is 7.04. The van der Waals surface area contributed by atoms with E-state index in [0.717, 1.165) is 32.1 Å². The first-order valence-electron chi connectivity index (χ1n) is 5.63. The van der Waals surface area contributed by atoms with Crippen molar-refractivity contribution >= 4 is 8.56 Å². The molecule has 0 atom stereocenters. The van der Waals surface area contributed by atoms with E-state index in [2.05, 4.69) is 20.8 Å². The average Bonchev–Trinajstić information content (AvgIpc) is 2.22. The minimum atomic E-state index is -2.06. The van der Waals surface area contributed by atoms with E-state index >= 15 is 0 Å². The van der Waals surface area contributed by atoms with Crippen LogP contribution in [0.15, 0.2) is 0 Å². The Bertz CT molecular complexity index is 123. The van der Waals surface area contributed by atoms with Crippen molar-refractivity contribution < 1.29 is 14.0 Å². The zero-order chi connectivity index (χ0) is 10.9. The van der Waals surface area contributed by atoms with Crippen LogP contribution in [0, 0.1) is 0 Å². The molecule has 0 spiro atoms. The molecule has 0 saturated heterocycles. The third kappa shape index (κ3) is 5.10. The van der Waals surface area contributed by atoms with Crippen LogP contribution in [-0.4, -0.2) is 33.5 Å². The van der Waals surface area contributed by atoms with Crippen LogP contribution in [0.3, 0.4) is 0 Å². The van der Waals surface area contributed by atoms with Gasteiger partial charge in [0.05, 0.1) is 0 Å². The van der Waals surface area contributed by atoms with E-state index in [1.165, 1.54) is 0 Å². The Morgan fingerprint density at radius 1 is 1.00 bits per heavy atom. The van der Waals surface area contributed by atoms with E-state index < -0.39 is 8.56 Å². The lowest BCUT2D eigenvalue weighted by Gasteiger charge is -2.29. The van der Waals surface area contributed by atoms with Crippen molar-refractivity contribution in [3.05, 3.63) is 0 Å². The fourth-order valence-electron chi connectivity index (χ4n) is 1.31. The van der Waals surface area contributed by atoms with Gasteiger partial charge in [-0.3, -0.25) is 0 Å². The summed E-state index contributed by atoms with van der Waals surface area (Å²) in [6.45, 7) is 7.95. The predicted octanol–water partition coefficient (Wildman–Crippen LogP) is 2.29. The molecule has 14 heavy (non-hydrogen) atoms. The number of aliphatic hydroxyl groups is 1. The van der Waals surface area contributed by atoms with Crippen LogP contribution in [0.4, 0.5) is 0 Å². The molecule has 86 valence electrons. The summed E-state index contributed by atoms with van der Waals surface area (Å²) in [6, 6.07) is 1.62. The summed E-state index contributed by atoms with van der Waals surface area (Å²) >= 11 is 0. The Balaban J connectivity index is 4.11. The molecular formula is C10H24O3Si. The Labute approximate surface area is 88.7 Å². The average molecular weight is 220 g/mol. The summed E-state index contributed by atoms with van der Waals surface area (Å²) in [5.74, 6) is 0. The number of hydrogen-bond donors (Lipinski definition) is 1. The second kappa shape index (κ2) is 8.41. The van der Waals surface area contributed by atoms with Gasteiger partial charge in [-0.15, -0.1) is 0 Å². The zero-order valence-corrected chi connectivity index (χ0v) is 10.7. The largest absolute Gasteiger partial charge is 0.396 e. The van der Waals surface area contributed by atoms with Crippen LogP contribution in [-0.2, 0) is 8.85 Å². The fraction of sp³-hybridized carbons (Fsp3) is 1.00. The first-order chi connectivity index (χ1) is 6.74. The van der Waals surface area contributed by atoms with Crippen molar-refractivity contribution in [3.63, 3.8) is 0 Å². The minimum Gasteiger partial charge on any atom is -0.396 e. The van der Waals surface area contributed by atoms with Gasteiger partial charge >= 0.3 is 8.56 Å². The van der Waals surface area contributed by atoms with Gasteiger partial charge < -0.3 is 14.0 Å². The van der Waals surface area contributed by atoms with Gasteiger partial charge in [0, 0.05) is 25.9 Å². The molecule has 3 nitrogen and oxygen atoms in total. The summed E-state index contributed by atoms with van der Waals surface area (Å²) in [5, 5.41) is 9.01. The topological polar surface area (TPSA) is 38.7 Å². The van der Waals surface area contributed by atoms with E-state index in [1.54, 1.807) is 0 Å². The molecule has 0 rings (SSSR count). The van der Waals surface area contributed by atoms with Crippen LogP contribution >= 0.6 is 0 Å². The highest BCUT2D eigenvalue weighted by molar-refractivity contribution is 6.67. The Morgan fingerprint density at radius 3 is 1.79 bits per heavy atom. The van der Waals surface area contributed by atoms with Crippen LogP contribution < -0.4 is 0 Å². The quantitative estimate of drug-likeness (QED) is 0.606. The highest BCUT2D eigenvalue weighted by Crippen LogP contribution is 2.19. The van der Waals surface area contributed by atoms with Crippen molar-refractivity contribution in [1.82, 2.24) is 0 Å². The van der Waals surface area contributed by atoms with Gasteiger partial charge in [0.2, 0.25) is 0 Å². The standard InChI is InChI=1S/C10H24O3Si/c1-4-8-12-14(6-3,10-7-11)13-9-5-2/h11H,4-10H2,1-3H3. The maximum Gasteiger partial charge on any atom is 0.340 e. The molecular weight excluding hydrogens is 196 g/mol. The third-order valence-electron chi connectivity index (χ3n) is 2.17. The van der Waals surface area contributed by atoms with Gasteiger partial charge in [0.15, 0.2) is 0 Å². The molecule has 0 aromatic carbocycles. The lowest BCUT2D eigenvalue weighted by molar-refractivity contribution is 0.160. The molecule has 0 heterocycles. The molecule has 0 amide bonds. The summed E-state index contributed by atoms with van der Waals surface area (Å²) in [6.07, 6.45) is 2.02. The fourth-order valence-corrected chi connectivity index (χ4v) is 3.94. The Morgan fingerprint density at radius 2 is 1.50 bits per heavy atom. The van der Waals surface area contributed by atoms with Gasteiger partial charge in [0.25, 0.3) is 0 Å². The lowest BCUT2D eigenvalue weighted by Crippen LogP contribution is -2.42. The predicted molar refractivity (Wildman–Crippen MR) is 60.6 cm³/mol. The summed E-state index contributed by atoms with van der Waals surface area (Å²) in [5.41, 5.74) is 0. The van der Waals surface area contributed by atoms with E-state index in [9.17, 15) is 0 Å². The van der Waals surface area contributed by atoms with Crippen molar-refractivity contribution in [2.75, 3.05) is 19.8 Å². The number of rotatable bonds is 9. The lowest BCUT2D eigenvalue weighted by atomic mass is 10.5. The summed E-state index contributed by atoms with van der Waals surface area (Å²) < 4.78 is 11.7. The molecule has 0 aliphatic heterocycles. The SMILES string of the molecule is CCCO[Si](CC)(CCO)OCCC. The second-order valence-electron chi connectivity index (χ2n) is 3.43. The highest BCUT2D eigenvalue weighted by atomic mass is 28.4. The van der Waals surface area contributed by atoms with Crippen molar-refractivity contribution in [1.29, 1.82) is 0 Å². The van der Waals surface area contributed by atoms with Crippen LogP contribution in [0.25, 0.3) is 0 Å². The van der Waals surface area contributed by atoms with Crippen LogP contribution in [0.1, 0.15) is 33.6 Å². The Kier molecular flexibility index (Phi) is 8.47. The van der Waals surface area contributed by atoms with E-state index in [0.29, 0.717) is 6.04 Å². The van der Waals surface area contributed by atoms with Gasteiger partial charge in [-0.05, 0) is 18.9 Å². The van der Waals surface area contributed by atoms with E-state index in [4.69, 9.17) is 14.0 Å². The smallest absolute Gasteiger partial charge is 0.340 e. The Hall–Kier alpha value is 0.0969. The number of hydrogen-bond acceptors (Lipinski definition) is 3. The van der Waals surface area contributed by atoms with Crippen molar-refractivity contribution in [3.8, 4) is 0 Å². The summed E-state index contributed by atoms with van der Waals surface area (Å²) in [7, 11) is -2.06.